The fraction of sp³-hybridized carbons (Fsp3) is 0.350. The number of imidazole rings is 1. The number of aromatic nitrogens is 5. The largest absolute Gasteiger partial charge is 0.491 e. The van der Waals surface area contributed by atoms with Gasteiger partial charge in [0, 0.05) is 32.4 Å². The van der Waals surface area contributed by atoms with Crippen molar-refractivity contribution in [3.8, 4) is 23.4 Å². The molecule has 1 aliphatic rings. The van der Waals surface area contributed by atoms with E-state index in [2.05, 4.69) is 36.8 Å². The molecule has 0 atom stereocenters. The van der Waals surface area contributed by atoms with E-state index in [4.69, 9.17) is 11.6 Å². The molecule has 1 fully saturated rings. The standard InChI is InChI=1S/C20H17ClF3N7O3/c1-2-3-9-30-13-14(29-10-7-25-8-11-29)27-18(21)28-15(13)31(19(30)33)12-5-4-6-26-16(12)34-17(32)20(22,23)24/h4-6,25H,7-11H2,1H3. The molecule has 178 valence electrons. The molecule has 10 nitrogen and oxygen atoms in total. The number of hydrogen-bond acceptors (Lipinski definition) is 8. The van der Waals surface area contributed by atoms with E-state index in [1.165, 1.54) is 16.7 Å². The van der Waals surface area contributed by atoms with Crippen molar-refractivity contribution in [3.63, 3.8) is 0 Å². The number of esters is 1. The Hall–Kier alpha value is -3.63. The number of carbonyl (C=O) groups excluding carboxylic acids is 1. The number of halogens is 4. The molecule has 0 saturated carbocycles. The first-order chi connectivity index (χ1) is 16.2. The summed E-state index contributed by atoms with van der Waals surface area (Å²) >= 11 is 6.19. The highest BCUT2D eigenvalue weighted by Gasteiger charge is 2.42. The highest BCUT2D eigenvalue weighted by atomic mass is 35.5. The van der Waals surface area contributed by atoms with Crippen LogP contribution in [-0.4, -0.2) is 62.4 Å². The Morgan fingerprint density at radius 1 is 1.29 bits per heavy atom. The van der Waals surface area contributed by atoms with Crippen LogP contribution < -0.4 is 20.6 Å². The van der Waals surface area contributed by atoms with Crippen molar-refractivity contribution in [1.82, 2.24) is 29.4 Å². The lowest BCUT2D eigenvalue weighted by Crippen LogP contribution is -2.44. The van der Waals surface area contributed by atoms with E-state index in [9.17, 15) is 22.8 Å². The van der Waals surface area contributed by atoms with E-state index in [-0.39, 0.29) is 28.7 Å². The SMILES string of the molecule is CC#CCn1c(=O)n(-c2cccnc2OC(=O)C(F)(F)F)c2nc(Cl)nc(N3CCNCC3)c21. The molecule has 1 N–H and O–H groups in total. The van der Waals surface area contributed by atoms with Crippen LogP contribution in [0, 0.1) is 11.8 Å². The lowest BCUT2D eigenvalue weighted by molar-refractivity contribution is -0.190. The first kappa shape index (κ1) is 23.5. The molecular formula is C20H17ClF3N7O3. The zero-order valence-electron chi connectivity index (χ0n) is 17.7. The number of fused-ring (bicyclic) bond motifs is 1. The molecule has 4 rings (SSSR count). The van der Waals surface area contributed by atoms with Gasteiger partial charge in [-0.1, -0.05) is 5.92 Å². The third-order valence-electron chi connectivity index (χ3n) is 4.97. The Balaban J connectivity index is 1.99. The van der Waals surface area contributed by atoms with Gasteiger partial charge < -0.3 is 15.0 Å². The summed E-state index contributed by atoms with van der Waals surface area (Å²) in [7, 11) is 0. The van der Waals surface area contributed by atoms with Gasteiger partial charge in [0.25, 0.3) is 0 Å². The molecule has 1 saturated heterocycles. The second-order valence-electron chi connectivity index (χ2n) is 7.07. The van der Waals surface area contributed by atoms with Crippen molar-refractivity contribution in [2.45, 2.75) is 19.6 Å². The van der Waals surface area contributed by atoms with Crippen molar-refractivity contribution in [2.24, 2.45) is 0 Å². The maximum Gasteiger partial charge on any atom is 0.491 e. The van der Waals surface area contributed by atoms with Gasteiger partial charge in [0.1, 0.15) is 11.2 Å². The predicted molar refractivity (Wildman–Crippen MR) is 116 cm³/mol. The molecule has 0 unspecified atom stereocenters. The average molecular weight is 496 g/mol. The maximum absolute atomic E-state index is 13.5. The van der Waals surface area contributed by atoms with Gasteiger partial charge in [-0.25, -0.2) is 19.1 Å². The normalized spacial score (nSPS) is 14.1. The summed E-state index contributed by atoms with van der Waals surface area (Å²) < 4.78 is 45.2. The van der Waals surface area contributed by atoms with Gasteiger partial charge in [0.15, 0.2) is 11.5 Å². The van der Waals surface area contributed by atoms with Crippen LogP contribution in [0.15, 0.2) is 23.1 Å². The monoisotopic (exact) mass is 495 g/mol. The summed E-state index contributed by atoms with van der Waals surface area (Å²) in [6.07, 6.45) is -4.13. The lowest BCUT2D eigenvalue weighted by Gasteiger charge is -2.28. The molecule has 0 amide bonds. The van der Waals surface area contributed by atoms with E-state index in [0.29, 0.717) is 32.0 Å². The van der Waals surface area contributed by atoms with Crippen LogP contribution in [0.5, 0.6) is 5.88 Å². The van der Waals surface area contributed by atoms with Crippen LogP contribution in [0.4, 0.5) is 19.0 Å². The highest BCUT2D eigenvalue weighted by molar-refractivity contribution is 6.28. The third kappa shape index (κ3) is 4.42. The van der Waals surface area contributed by atoms with Crippen molar-refractivity contribution >= 4 is 34.6 Å². The van der Waals surface area contributed by atoms with Crippen molar-refractivity contribution in [2.75, 3.05) is 31.1 Å². The zero-order valence-corrected chi connectivity index (χ0v) is 18.4. The zero-order chi connectivity index (χ0) is 24.5. The minimum absolute atomic E-state index is 0.00810. The molecule has 4 heterocycles. The van der Waals surface area contributed by atoms with Crippen LogP contribution in [0.25, 0.3) is 16.9 Å². The minimum atomic E-state index is -5.26. The Kier molecular flexibility index (Phi) is 6.45. The van der Waals surface area contributed by atoms with Crippen LogP contribution in [-0.2, 0) is 11.3 Å². The number of ether oxygens (including phenoxy) is 1. The smallest absolute Gasteiger partial charge is 0.398 e. The van der Waals surface area contributed by atoms with Crippen molar-refractivity contribution < 1.29 is 22.7 Å². The first-order valence-corrected chi connectivity index (χ1v) is 10.4. The molecule has 1 aliphatic heterocycles. The molecular weight excluding hydrogens is 479 g/mol. The summed E-state index contributed by atoms with van der Waals surface area (Å²) in [5, 5.41) is 3.04. The van der Waals surface area contributed by atoms with E-state index in [1.54, 1.807) is 6.92 Å². The summed E-state index contributed by atoms with van der Waals surface area (Å²) in [5.41, 5.74) is -0.618. The fourth-order valence-electron chi connectivity index (χ4n) is 3.51. The molecule has 0 bridgehead atoms. The molecule has 3 aromatic heterocycles. The number of rotatable bonds is 4. The molecule has 0 radical (unpaired) electrons. The van der Waals surface area contributed by atoms with Gasteiger partial charge in [-0.15, -0.1) is 5.92 Å². The van der Waals surface area contributed by atoms with E-state index >= 15 is 0 Å². The number of alkyl halides is 3. The van der Waals surface area contributed by atoms with Gasteiger partial charge in [0.05, 0.1) is 6.54 Å². The molecule has 14 heteroatoms. The van der Waals surface area contributed by atoms with Crippen molar-refractivity contribution in [3.05, 3.63) is 34.1 Å². The van der Waals surface area contributed by atoms with Crippen LogP contribution in [0.2, 0.25) is 5.28 Å². The molecule has 3 aromatic rings. The molecule has 0 aromatic carbocycles. The number of nitrogens with zero attached hydrogens (tertiary/aromatic N) is 6. The quantitative estimate of drug-likeness (QED) is 0.330. The number of pyridine rings is 1. The van der Waals surface area contributed by atoms with Gasteiger partial charge in [-0.3, -0.25) is 4.57 Å². The fourth-order valence-corrected chi connectivity index (χ4v) is 3.67. The molecule has 34 heavy (non-hydrogen) atoms. The van der Waals surface area contributed by atoms with Gasteiger partial charge in [-0.05, 0) is 30.7 Å². The van der Waals surface area contributed by atoms with Crippen molar-refractivity contribution in [1.29, 1.82) is 0 Å². The molecule has 0 spiro atoms. The van der Waals surface area contributed by atoms with E-state index in [0.717, 1.165) is 10.8 Å². The van der Waals surface area contributed by atoms with E-state index in [1.807, 2.05) is 4.90 Å². The third-order valence-corrected chi connectivity index (χ3v) is 5.14. The second-order valence-corrected chi connectivity index (χ2v) is 7.41. The maximum atomic E-state index is 13.5. The summed E-state index contributed by atoms with van der Waals surface area (Å²) in [4.78, 5) is 39.1. The number of hydrogen-bond donors (Lipinski definition) is 1. The van der Waals surface area contributed by atoms with Gasteiger partial charge in [0.2, 0.25) is 11.2 Å². The number of nitrogens with one attached hydrogen (secondary N) is 1. The molecule has 0 aliphatic carbocycles. The van der Waals surface area contributed by atoms with Gasteiger partial charge in [-0.2, -0.15) is 23.1 Å². The summed E-state index contributed by atoms with van der Waals surface area (Å²) in [5.74, 6) is 2.69. The Morgan fingerprint density at radius 3 is 2.71 bits per heavy atom. The van der Waals surface area contributed by atoms with Gasteiger partial charge >= 0.3 is 17.8 Å². The predicted octanol–water partition coefficient (Wildman–Crippen LogP) is 1.53. The highest BCUT2D eigenvalue weighted by Crippen LogP contribution is 2.30. The topological polar surface area (TPSA) is 107 Å². The second kappa shape index (κ2) is 9.32. The Labute approximate surface area is 195 Å². The van der Waals surface area contributed by atoms with E-state index < -0.39 is 23.7 Å². The Morgan fingerprint density at radius 2 is 2.03 bits per heavy atom. The van der Waals surface area contributed by atoms with Crippen LogP contribution >= 0.6 is 11.6 Å². The Bertz CT molecular complexity index is 1370. The number of piperazine rings is 1. The lowest BCUT2D eigenvalue weighted by atomic mass is 10.3. The first-order valence-electron chi connectivity index (χ1n) is 10.0. The number of carbonyl (C=O) groups is 1. The summed E-state index contributed by atoms with van der Waals surface area (Å²) in [6, 6.07) is 2.66. The van der Waals surface area contributed by atoms with Crippen LogP contribution in [0.1, 0.15) is 6.92 Å². The minimum Gasteiger partial charge on any atom is -0.398 e. The average Bonchev–Trinajstić information content (AvgIpc) is 3.08. The summed E-state index contributed by atoms with van der Waals surface area (Å²) in [6.45, 7) is 4.04. The van der Waals surface area contributed by atoms with Crippen LogP contribution in [0.3, 0.4) is 0 Å². The number of anilines is 1.